The lowest BCUT2D eigenvalue weighted by atomic mass is 10.3. The van der Waals surface area contributed by atoms with Gasteiger partial charge < -0.3 is 0 Å². The summed E-state index contributed by atoms with van der Waals surface area (Å²) in [4.78, 5) is 11.7. The number of nitrogens with two attached hydrogens (primary N) is 1. The number of sulfonamides is 1. The van der Waals surface area contributed by atoms with E-state index < -0.39 is 14.9 Å². The summed E-state index contributed by atoms with van der Waals surface area (Å²) in [6, 6.07) is 7.74. The van der Waals surface area contributed by atoms with Crippen molar-refractivity contribution >= 4 is 38.8 Å². The molecule has 12 heteroatoms. The van der Waals surface area contributed by atoms with Gasteiger partial charge in [0.25, 0.3) is 5.69 Å². The number of benzene rings is 1. The van der Waals surface area contributed by atoms with Gasteiger partial charge in [0.2, 0.25) is 10.0 Å². The summed E-state index contributed by atoms with van der Waals surface area (Å²) in [5.41, 5.74) is -0.338. The average Bonchev–Trinajstić information content (AvgIpc) is 3.14. The number of hydrogen-bond acceptors (Lipinski definition) is 8. The van der Waals surface area contributed by atoms with Crippen LogP contribution in [0.2, 0.25) is 0 Å². The Hall–Kier alpha value is -2.28. The van der Waals surface area contributed by atoms with Crippen molar-refractivity contribution in [3.8, 4) is 10.7 Å². The van der Waals surface area contributed by atoms with Crippen molar-refractivity contribution in [3.63, 3.8) is 0 Å². The van der Waals surface area contributed by atoms with Crippen LogP contribution in [0.4, 0.5) is 5.69 Å². The van der Waals surface area contributed by atoms with Crippen LogP contribution in [0.3, 0.4) is 0 Å². The normalized spacial score (nSPS) is 14.4. The van der Waals surface area contributed by atoms with E-state index in [2.05, 4.69) is 10.2 Å². The lowest BCUT2D eigenvalue weighted by Crippen LogP contribution is -2.12. The molecule has 0 bridgehead atoms. The molecule has 140 valence electrons. The van der Waals surface area contributed by atoms with Crippen LogP contribution < -0.4 is 5.14 Å². The van der Waals surface area contributed by atoms with Gasteiger partial charge in [0.05, 0.1) is 19.6 Å². The van der Waals surface area contributed by atoms with Crippen molar-refractivity contribution in [2.45, 2.75) is 33.8 Å². The van der Waals surface area contributed by atoms with Gasteiger partial charge in [-0.2, -0.15) is 0 Å². The Kier molecular flexibility index (Phi) is 4.50. The maximum atomic E-state index is 11.5. The Morgan fingerprint density at radius 1 is 1.30 bits per heavy atom. The van der Waals surface area contributed by atoms with Crippen LogP contribution >= 0.6 is 23.1 Å². The van der Waals surface area contributed by atoms with E-state index in [1.807, 2.05) is 22.1 Å². The minimum Gasteiger partial charge on any atom is -0.298 e. The SMILES string of the molecule is NS(=O)(=O)c1ccc(Sc2nnc(-c3cccs3)n2C2CC2)c([N+](=O)[O-])c1. The van der Waals surface area contributed by atoms with Crippen molar-refractivity contribution in [1.82, 2.24) is 14.8 Å². The molecule has 27 heavy (non-hydrogen) atoms. The Morgan fingerprint density at radius 3 is 2.67 bits per heavy atom. The van der Waals surface area contributed by atoms with Crippen LogP contribution in [0.25, 0.3) is 10.7 Å². The highest BCUT2D eigenvalue weighted by atomic mass is 32.2. The number of hydrogen-bond donors (Lipinski definition) is 1. The fraction of sp³-hybridized carbons (Fsp3) is 0.200. The van der Waals surface area contributed by atoms with Gasteiger partial charge in [-0.3, -0.25) is 14.7 Å². The number of rotatable bonds is 6. The largest absolute Gasteiger partial charge is 0.298 e. The van der Waals surface area contributed by atoms with Gasteiger partial charge in [0, 0.05) is 12.1 Å². The highest BCUT2D eigenvalue weighted by Crippen LogP contribution is 2.44. The van der Waals surface area contributed by atoms with Gasteiger partial charge in [-0.15, -0.1) is 21.5 Å². The van der Waals surface area contributed by atoms with Gasteiger partial charge in [-0.25, -0.2) is 13.6 Å². The molecular formula is C15H13N5O4S3. The van der Waals surface area contributed by atoms with Gasteiger partial charge in [0.15, 0.2) is 11.0 Å². The molecule has 1 aromatic carbocycles. The number of primary sulfonamides is 1. The summed E-state index contributed by atoms with van der Waals surface area (Å²) < 4.78 is 25.0. The lowest BCUT2D eigenvalue weighted by molar-refractivity contribution is -0.388. The molecule has 0 atom stereocenters. The number of nitro groups is 1. The number of aromatic nitrogens is 3. The maximum absolute atomic E-state index is 11.5. The number of nitro benzene ring substituents is 1. The third-order valence-corrected chi connectivity index (χ3v) is 6.78. The predicted molar refractivity (Wildman–Crippen MR) is 100 cm³/mol. The molecule has 1 saturated carbocycles. The molecule has 0 unspecified atom stereocenters. The molecule has 0 radical (unpaired) electrons. The third kappa shape index (κ3) is 3.60. The van der Waals surface area contributed by atoms with Crippen LogP contribution in [-0.2, 0) is 10.0 Å². The average molecular weight is 424 g/mol. The molecule has 9 nitrogen and oxygen atoms in total. The molecule has 1 aliphatic rings. The number of thiophene rings is 1. The topological polar surface area (TPSA) is 134 Å². The fourth-order valence-corrected chi connectivity index (χ4v) is 4.81. The minimum absolute atomic E-state index is 0.266. The molecule has 4 rings (SSSR count). The van der Waals surface area contributed by atoms with Crippen LogP contribution in [-0.4, -0.2) is 28.1 Å². The van der Waals surface area contributed by atoms with Crippen molar-refractivity contribution in [2.75, 3.05) is 0 Å². The van der Waals surface area contributed by atoms with Crippen molar-refractivity contribution in [3.05, 3.63) is 45.8 Å². The molecule has 0 aliphatic heterocycles. The molecule has 2 heterocycles. The van der Waals surface area contributed by atoms with E-state index in [1.54, 1.807) is 11.3 Å². The summed E-state index contributed by atoms with van der Waals surface area (Å²) in [7, 11) is -4.03. The quantitative estimate of drug-likeness (QED) is 0.475. The zero-order valence-electron chi connectivity index (χ0n) is 13.7. The van der Waals surface area contributed by atoms with E-state index >= 15 is 0 Å². The third-order valence-electron chi connectivity index (χ3n) is 3.97. The second kappa shape index (κ2) is 6.71. The van der Waals surface area contributed by atoms with Crippen LogP contribution in [0, 0.1) is 10.1 Å². The van der Waals surface area contributed by atoms with Crippen molar-refractivity contribution < 1.29 is 13.3 Å². The van der Waals surface area contributed by atoms with E-state index in [0.717, 1.165) is 41.4 Å². The highest BCUT2D eigenvalue weighted by Gasteiger charge is 2.31. The Labute approximate surface area is 162 Å². The van der Waals surface area contributed by atoms with E-state index in [4.69, 9.17) is 5.14 Å². The first-order valence-corrected chi connectivity index (χ1v) is 11.1. The minimum atomic E-state index is -4.03. The molecule has 1 fully saturated rings. The highest BCUT2D eigenvalue weighted by molar-refractivity contribution is 7.99. The summed E-state index contributed by atoms with van der Waals surface area (Å²) >= 11 is 2.64. The number of nitrogens with zero attached hydrogens (tertiary/aromatic N) is 4. The molecule has 2 N–H and O–H groups in total. The fourth-order valence-electron chi connectivity index (χ4n) is 2.58. The van der Waals surface area contributed by atoms with Gasteiger partial charge in [-0.05, 0) is 48.2 Å². The van der Waals surface area contributed by atoms with E-state index in [0.29, 0.717) is 5.16 Å². The maximum Gasteiger partial charge on any atom is 0.284 e. The Morgan fingerprint density at radius 2 is 2.07 bits per heavy atom. The summed E-state index contributed by atoms with van der Waals surface area (Å²) in [6.45, 7) is 0. The first-order chi connectivity index (χ1) is 12.8. The zero-order chi connectivity index (χ0) is 19.2. The summed E-state index contributed by atoms with van der Waals surface area (Å²) in [5, 5.41) is 27.5. The van der Waals surface area contributed by atoms with Gasteiger partial charge >= 0.3 is 0 Å². The van der Waals surface area contributed by atoms with Gasteiger partial charge in [-0.1, -0.05) is 6.07 Å². The predicted octanol–water partition coefficient (Wildman–Crippen LogP) is 3.05. The second-order valence-corrected chi connectivity index (χ2v) is 9.44. The molecule has 2 aromatic heterocycles. The first-order valence-electron chi connectivity index (χ1n) is 7.82. The molecule has 0 saturated heterocycles. The van der Waals surface area contributed by atoms with Crippen molar-refractivity contribution in [1.29, 1.82) is 0 Å². The van der Waals surface area contributed by atoms with Gasteiger partial charge in [0.1, 0.15) is 0 Å². The lowest BCUT2D eigenvalue weighted by Gasteiger charge is -2.08. The van der Waals surface area contributed by atoms with Crippen molar-refractivity contribution in [2.24, 2.45) is 5.14 Å². The summed E-state index contributed by atoms with van der Waals surface area (Å²) in [5.74, 6) is 0.735. The first kappa shape index (κ1) is 18.1. The molecular weight excluding hydrogens is 410 g/mol. The molecule has 1 aliphatic carbocycles. The standard InChI is InChI=1S/C15H13N5O4S3/c16-27(23,24)10-5-6-12(11(8-10)20(21)22)26-15-18-17-14(13-2-1-7-25-13)19(15)9-3-4-9/h1-2,5-9H,3-4H2,(H2,16,23,24). The monoisotopic (exact) mass is 423 g/mol. The van der Waals surface area contributed by atoms with E-state index in [9.17, 15) is 18.5 Å². The molecule has 3 aromatic rings. The second-order valence-electron chi connectivity index (χ2n) is 5.92. The van der Waals surface area contributed by atoms with Crippen LogP contribution in [0.15, 0.2) is 50.7 Å². The summed E-state index contributed by atoms with van der Waals surface area (Å²) in [6.07, 6.45) is 1.99. The van der Waals surface area contributed by atoms with E-state index in [-0.39, 0.29) is 21.5 Å². The Bertz CT molecular complexity index is 1120. The molecule has 0 amide bonds. The Balaban J connectivity index is 1.76. The van der Waals surface area contributed by atoms with E-state index in [1.165, 1.54) is 12.1 Å². The smallest absolute Gasteiger partial charge is 0.284 e. The molecule has 0 spiro atoms. The zero-order valence-corrected chi connectivity index (χ0v) is 16.1. The van der Waals surface area contributed by atoms with Crippen LogP contribution in [0.1, 0.15) is 18.9 Å². The van der Waals surface area contributed by atoms with Crippen LogP contribution in [0.5, 0.6) is 0 Å².